The maximum atomic E-state index is 12.6. The number of carbonyl (C=O) groups is 2. The lowest BCUT2D eigenvalue weighted by Gasteiger charge is -2.09. The number of rotatable bonds is 5. The predicted octanol–water partition coefficient (Wildman–Crippen LogP) is 2.40. The van der Waals surface area contributed by atoms with Gasteiger partial charge in [-0.15, -0.1) is 0 Å². The zero-order valence-electron chi connectivity index (χ0n) is 14.3. The van der Waals surface area contributed by atoms with E-state index < -0.39 is 11.9 Å². The van der Waals surface area contributed by atoms with Gasteiger partial charge in [0.1, 0.15) is 23.5 Å². The van der Waals surface area contributed by atoms with Gasteiger partial charge in [0.05, 0.1) is 6.61 Å². The highest BCUT2D eigenvalue weighted by atomic mass is 16.5. The van der Waals surface area contributed by atoms with Gasteiger partial charge in [-0.25, -0.2) is 19.7 Å². The molecule has 0 radical (unpaired) electrons. The lowest BCUT2D eigenvalue weighted by Crippen LogP contribution is -2.16. The summed E-state index contributed by atoms with van der Waals surface area (Å²) >= 11 is 0. The fraction of sp³-hybridized carbons (Fsp3) is 0.167. The Labute approximate surface area is 149 Å². The molecule has 0 saturated heterocycles. The highest BCUT2D eigenvalue weighted by Gasteiger charge is 2.13. The van der Waals surface area contributed by atoms with Gasteiger partial charge in [-0.05, 0) is 43.7 Å². The Morgan fingerprint density at radius 2 is 2.04 bits per heavy atom. The molecule has 0 unspecified atom stereocenters. The molecule has 0 aromatic carbocycles. The lowest BCUT2D eigenvalue weighted by molar-refractivity contribution is 0.0519. The number of anilines is 1. The van der Waals surface area contributed by atoms with Crippen molar-refractivity contribution in [3.8, 4) is 5.82 Å². The van der Waals surface area contributed by atoms with E-state index in [1.165, 1.54) is 12.3 Å². The Morgan fingerprint density at radius 3 is 2.77 bits per heavy atom. The molecule has 3 aromatic rings. The lowest BCUT2D eigenvalue weighted by atomic mass is 10.2. The van der Waals surface area contributed by atoms with Crippen molar-refractivity contribution in [2.75, 3.05) is 11.9 Å². The summed E-state index contributed by atoms with van der Waals surface area (Å²) in [5, 5.41) is 2.72. The van der Waals surface area contributed by atoms with Crippen LogP contribution in [0.5, 0.6) is 0 Å². The summed E-state index contributed by atoms with van der Waals surface area (Å²) in [6.07, 6.45) is 6.43. The van der Waals surface area contributed by atoms with Crippen LogP contribution in [0.25, 0.3) is 5.82 Å². The number of nitrogens with one attached hydrogen (secondary N) is 1. The molecule has 0 spiro atoms. The number of carbonyl (C=O) groups excluding carboxylic acids is 2. The monoisotopic (exact) mass is 351 g/mol. The minimum atomic E-state index is -0.542. The number of imidazole rings is 1. The van der Waals surface area contributed by atoms with E-state index in [-0.39, 0.29) is 18.0 Å². The van der Waals surface area contributed by atoms with Gasteiger partial charge in [0.2, 0.25) is 0 Å². The summed E-state index contributed by atoms with van der Waals surface area (Å²) in [5.74, 6) is -0.342. The second-order valence-electron chi connectivity index (χ2n) is 5.46. The van der Waals surface area contributed by atoms with Crippen molar-refractivity contribution in [3.05, 3.63) is 66.1 Å². The van der Waals surface area contributed by atoms with Gasteiger partial charge in [0.25, 0.3) is 5.91 Å². The molecule has 1 N–H and O–H groups in total. The minimum Gasteiger partial charge on any atom is -0.461 e. The van der Waals surface area contributed by atoms with Crippen molar-refractivity contribution in [1.82, 2.24) is 19.5 Å². The molecular weight excluding hydrogens is 334 g/mol. The number of pyridine rings is 2. The van der Waals surface area contributed by atoms with Crippen LogP contribution in [-0.2, 0) is 4.74 Å². The van der Waals surface area contributed by atoms with E-state index in [1.54, 1.807) is 42.3 Å². The van der Waals surface area contributed by atoms with E-state index in [9.17, 15) is 9.59 Å². The molecule has 0 atom stereocenters. The molecule has 0 fully saturated rings. The van der Waals surface area contributed by atoms with Gasteiger partial charge in [0.15, 0.2) is 0 Å². The van der Waals surface area contributed by atoms with Gasteiger partial charge >= 0.3 is 5.97 Å². The number of amides is 1. The quantitative estimate of drug-likeness (QED) is 0.709. The average molecular weight is 351 g/mol. The molecular formula is C18H17N5O3. The molecule has 3 aromatic heterocycles. The van der Waals surface area contributed by atoms with Crippen molar-refractivity contribution >= 4 is 17.6 Å². The summed E-state index contributed by atoms with van der Waals surface area (Å²) in [4.78, 5) is 36.6. The van der Waals surface area contributed by atoms with Crippen molar-refractivity contribution < 1.29 is 14.3 Å². The first-order valence-electron chi connectivity index (χ1n) is 7.98. The van der Waals surface area contributed by atoms with Crippen LogP contribution < -0.4 is 5.32 Å². The van der Waals surface area contributed by atoms with Crippen LogP contribution in [0.4, 0.5) is 5.69 Å². The molecule has 1 amide bonds. The predicted molar refractivity (Wildman–Crippen MR) is 94.2 cm³/mol. The van der Waals surface area contributed by atoms with Crippen LogP contribution in [0, 0.1) is 6.92 Å². The van der Waals surface area contributed by atoms with Crippen LogP contribution in [0.2, 0.25) is 0 Å². The van der Waals surface area contributed by atoms with E-state index in [2.05, 4.69) is 20.3 Å². The van der Waals surface area contributed by atoms with Gasteiger partial charge in [-0.2, -0.15) is 0 Å². The highest BCUT2D eigenvalue weighted by molar-refractivity contribution is 6.03. The topological polar surface area (TPSA) is 99.0 Å². The number of ether oxygens (including phenoxy) is 1. The molecule has 26 heavy (non-hydrogen) atoms. The van der Waals surface area contributed by atoms with Crippen LogP contribution >= 0.6 is 0 Å². The normalized spacial score (nSPS) is 10.4. The van der Waals surface area contributed by atoms with E-state index in [1.807, 2.05) is 13.0 Å². The second kappa shape index (κ2) is 7.56. The van der Waals surface area contributed by atoms with Crippen molar-refractivity contribution in [2.24, 2.45) is 0 Å². The Bertz CT molecular complexity index is 938. The Kier molecular flexibility index (Phi) is 5.02. The maximum Gasteiger partial charge on any atom is 0.356 e. The number of aryl methyl sites for hydroxylation is 1. The molecule has 0 aliphatic carbocycles. The largest absolute Gasteiger partial charge is 0.461 e. The Hall–Kier alpha value is -3.55. The first-order valence-corrected chi connectivity index (χ1v) is 7.98. The van der Waals surface area contributed by atoms with E-state index in [0.29, 0.717) is 11.5 Å². The van der Waals surface area contributed by atoms with Crippen molar-refractivity contribution in [1.29, 1.82) is 0 Å². The SMILES string of the molecule is CCOC(=O)c1cc(NC(=O)c2cc(C)cc(-n3ccnc3)n2)ccn1. The third-order valence-electron chi connectivity index (χ3n) is 3.46. The summed E-state index contributed by atoms with van der Waals surface area (Å²) < 4.78 is 6.63. The summed E-state index contributed by atoms with van der Waals surface area (Å²) in [5.41, 5.74) is 1.69. The van der Waals surface area contributed by atoms with Gasteiger partial charge in [0, 0.05) is 24.3 Å². The van der Waals surface area contributed by atoms with Gasteiger partial charge in [-0.3, -0.25) is 9.36 Å². The zero-order chi connectivity index (χ0) is 18.5. The first-order chi connectivity index (χ1) is 12.6. The summed E-state index contributed by atoms with van der Waals surface area (Å²) in [6.45, 7) is 3.84. The number of hydrogen-bond donors (Lipinski definition) is 1. The summed E-state index contributed by atoms with van der Waals surface area (Å²) in [6, 6.07) is 6.59. The Balaban J connectivity index is 1.82. The average Bonchev–Trinajstić information content (AvgIpc) is 3.16. The Morgan fingerprint density at radius 1 is 1.19 bits per heavy atom. The smallest absolute Gasteiger partial charge is 0.356 e. The fourth-order valence-electron chi connectivity index (χ4n) is 2.31. The third-order valence-corrected chi connectivity index (χ3v) is 3.46. The molecule has 0 aliphatic heterocycles. The van der Waals surface area contributed by atoms with Crippen LogP contribution in [-0.4, -0.2) is 38.0 Å². The minimum absolute atomic E-state index is 0.126. The molecule has 132 valence electrons. The second-order valence-corrected chi connectivity index (χ2v) is 5.46. The maximum absolute atomic E-state index is 12.6. The van der Waals surface area contributed by atoms with Gasteiger partial charge < -0.3 is 10.1 Å². The first kappa shape index (κ1) is 17.3. The molecule has 0 saturated carbocycles. The zero-order valence-corrected chi connectivity index (χ0v) is 14.3. The molecule has 8 nitrogen and oxygen atoms in total. The van der Waals surface area contributed by atoms with E-state index >= 15 is 0 Å². The molecule has 3 rings (SSSR count). The number of hydrogen-bond acceptors (Lipinski definition) is 6. The van der Waals surface area contributed by atoms with Gasteiger partial charge in [-0.1, -0.05) is 0 Å². The molecule has 0 aliphatic rings. The number of esters is 1. The van der Waals surface area contributed by atoms with E-state index in [4.69, 9.17) is 4.74 Å². The third kappa shape index (κ3) is 3.92. The van der Waals surface area contributed by atoms with Crippen LogP contribution in [0.1, 0.15) is 33.5 Å². The van der Waals surface area contributed by atoms with Crippen molar-refractivity contribution in [3.63, 3.8) is 0 Å². The highest BCUT2D eigenvalue weighted by Crippen LogP contribution is 2.13. The van der Waals surface area contributed by atoms with Crippen LogP contribution in [0.15, 0.2) is 49.2 Å². The summed E-state index contributed by atoms with van der Waals surface area (Å²) in [7, 11) is 0. The van der Waals surface area contributed by atoms with Crippen molar-refractivity contribution in [2.45, 2.75) is 13.8 Å². The van der Waals surface area contributed by atoms with E-state index in [0.717, 1.165) is 5.56 Å². The number of nitrogens with zero attached hydrogens (tertiary/aromatic N) is 4. The number of aromatic nitrogens is 4. The molecule has 0 bridgehead atoms. The standard InChI is InChI=1S/C18H17N5O3/c1-3-26-18(25)15-10-13(4-5-20-15)21-17(24)14-8-12(2)9-16(22-14)23-7-6-19-11-23/h4-11H,3H2,1-2H3,(H,20,21,24). The van der Waals surface area contributed by atoms with Crippen LogP contribution in [0.3, 0.4) is 0 Å². The molecule has 8 heteroatoms. The fourth-order valence-corrected chi connectivity index (χ4v) is 2.31. The molecule has 3 heterocycles.